The van der Waals surface area contributed by atoms with E-state index in [9.17, 15) is 18.4 Å². The second-order valence-corrected chi connectivity index (χ2v) is 5.96. The van der Waals surface area contributed by atoms with Crippen LogP contribution in [0.5, 0.6) is 0 Å². The Hall–Kier alpha value is -2.67. The van der Waals surface area contributed by atoms with E-state index in [-0.39, 0.29) is 18.0 Å². The highest BCUT2D eigenvalue weighted by Crippen LogP contribution is 2.29. The SMILES string of the molecule is O=C1CN(c2ccc(NC(=O)c3cc(F)cc(F)c3)cc2Cl)CCN1. The van der Waals surface area contributed by atoms with Gasteiger partial charge in [0, 0.05) is 30.4 Å². The number of carbonyl (C=O) groups is 2. The van der Waals surface area contributed by atoms with Crippen LogP contribution < -0.4 is 15.5 Å². The monoisotopic (exact) mass is 365 g/mol. The first-order chi connectivity index (χ1) is 11.9. The van der Waals surface area contributed by atoms with Crippen LogP contribution in [0.15, 0.2) is 36.4 Å². The van der Waals surface area contributed by atoms with Crippen LogP contribution in [0, 0.1) is 11.6 Å². The lowest BCUT2D eigenvalue weighted by molar-refractivity contribution is -0.120. The van der Waals surface area contributed by atoms with E-state index in [1.165, 1.54) is 6.07 Å². The number of nitrogens with zero attached hydrogens (tertiary/aromatic N) is 1. The van der Waals surface area contributed by atoms with Crippen molar-refractivity contribution in [3.8, 4) is 0 Å². The van der Waals surface area contributed by atoms with Gasteiger partial charge < -0.3 is 15.5 Å². The molecule has 0 bridgehead atoms. The molecule has 1 fully saturated rings. The van der Waals surface area contributed by atoms with E-state index in [2.05, 4.69) is 10.6 Å². The van der Waals surface area contributed by atoms with Crippen LogP contribution in [0.1, 0.15) is 10.4 Å². The van der Waals surface area contributed by atoms with Crippen molar-refractivity contribution in [3.63, 3.8) is 0 Å². The van der Waals surface area contributed by atoms with Gasteiger partial charge in [-0.2, -0.15) is 0 Å². The van der Waals surface area contributed by atoms with E-state index in [1.54, 1.807) is 12.1 Å². The molecular formula is C17H14ClF2N3O2. The number of amides is 2. The molecule has 1 aliphatic rings. The van der Waals surface area contributed by atoms with Crippen LogP contribution in [-0.2, 0) is 4.79 Å². The number of hydrogen-bond donors (Lipinski definition) is 2. The molecule has 130 valence electrons. The standard InChI is InChI=1S/C17H14ClF2N3O2/c18-14-8-13(1-2-15(14)23-4-3-21-16(24)9-23)22-17(25)10-5-11(19)7-12(20)6-10/h1-2,5-8H,3-4,9H2,(H,21,24)(H,22,25). The molecule has 0 spiro atoms. The molecule has 2 aromatic carbocycles. The lowest BCUT2D eigenvalue weighted by Gasteiger charge is -2.29. The average molecular weight is 366 g/mol. The van der Waals surface area contributed by atoms with Gasteiger partial charge in [-0.05, 0) is 30.3 Å². The second-order valence-electron chi connectivity index (χ2n) is 5.55. The van der Waals surface area contributed by atoms with Crippen molar-refractivity contribution in [1.82, 2.24) is 5.32 Å². The van der Waals surface area contributed by atoms with E-state index in [0.29, 0.717) is 35.6 Å². The molecule has 0 saturated carbocycles. The van der Waals surface area contributed by atoms with Gasteiger partial charge in [-0.15, -0.1) is 0 Å². The normalized spacial score (nSPS) is 14.2. The molecular weight excluding hydrogens is 352 g/mol. The van der Waals surface area contributed by atoms with Crippen LogP contribution in [0.3, 0.4) is 0 Å². The van der Waals surface area contributed by atoms with Gasteiger partial charge in [0.25, 0.3) is 5.91 Å². The quantitative estimate of drug-likeness (QED) is 0.879. The summed E-state index contributed by atoms with van der Waals surface area (Å²) in [5, 5.41) is 5.62. The van der Waals surface area contributed by atoms with E-state index in [4.69, 9.17) is 11.6 Å². The number of piperazine rings is 1. The zero-order chi connectivity index (χ0) is 18.0. The van der Waals surface area contributed by atoms with Crippen LogP contribution >= 0.6 is 11.6 Å². The van der Waals surface area contributed by atoms with Gasteiger partial charge in [0.15, 0.2) is 0 Å². The third-order valence-electron chi connectivity index (χ3n) is 3.71. The molecule has 2 amide bonds. The van der Waals surface area contributed by atoms with Gasteiger partial charge in [-0.1, -0.05) is 11.6 Å². The van der Waals surface area contributed by atoms with Gasteiger partial charge in [0.1, 0.15) is 11.6 Å². The minimum atomic E-state index is -0.832. The predicted octanol–water partition coefficient (Wildman–Crippen LogP) is 2.81. The number of anilines is 2. The van der Waals surface area contributed by atoms with Crippen molar-refractivity contribution >= 4 is 34.8 Å². The zero-order valence-corrected chi connectivity index (χ0v) is 13.7. The first kappa shape index (κ1) is 17.2. The highest BCUT2D eigenvalue weighted by molar-refractivity contribution is 6.33. The number of nitrogens with one attached hydrogen (secondary N) is 2. The summed E-state index contributed by atoms with van der Waals surface area (Å²) in [4.78, 5) is 25.4. The number of halogens is 3. The molecule has 2 aromatic rings. The first-order valence-corrected chi connectivity index (χ1v) is 7.89. The Morgan fingerprint density at radius 1 is 1.16 bits per heavy atom. The molecule has 5 nitrogen and oxygen atoms in total. The topological polar surface area (TPSA) is 61.4 Å². The summed E-state index contributed by atoms with van der Waals surface area (Å²) in [6.45, 7) is 1.35. The highest BCUT2D eigenvalue weighted by atomic mass is 35.5. The van der Waals surface area contributed by atoms with Crippen molar-refractivity contribution in [2.75, 3.05) is 29.9 Å². The van der Waals surface area contributed by atoms with E-state index >= 15 is 0 Å². The smallest absolute Gasteiger partial charge is 0.255 e. The Kier molecular flexibility index (Phi) is 4.85. The van der Waals surface area contributed by atoms with E-state index in [0.717, 1.165) is 12.1 Å². The molecule has 1 heterocycles. The highest BCUT2D eigenvalue weighted by Gasteiger charge is 2.19. The molecule has 25 heavy (non-hydrogen) atoms. The fraction of sp³-hybridized carbons (Fsp3) is 0.176. The van der Waals surface area contributed by atoms with Gasteiger partial charge in [-0.3, -0.25) is 9.59 Å². The van der Waals surface area contributed by atoms with Gasteiger partial charge in [0.05, 0.1) is 17.3 Å². The maximum Gasteiger partial charge on any atom is 0.255 e. The van der Waals surface area contributed by atoms with Gasteiger partial charge in [-0.25, -0.2) is 8.78 Å². The molecule has 8 heteroatoms. The van der Waals surface area contributed by atoms with Crippen LogP contribution in [0.4, 0.5) is 20.2 Å². The van der Waals surface area contributed by atoms with Crippen molar-refractivity contribution in [2.24, 2.45) is 0 Å². The number of carbonyl (C=O) groups excluding carboxylic acids is 2. The van der Waals surface area contributed by atoms with Crippen LogP contribution in [0.25, 0.3) is 0 Å². The van der Waals surface area contributed by atoms with Crippen molar-refractivity contribution in [2.45, 2.75) is 0 Å². The lowest BCUT2D eigenvalue weighted by atomic mass is 10.2. The fourth-order valence-corrected chi connectivity index (χ4v) is 2.87. The summed E-state index contributed by atoms with van der Waals surface area (Å²) in [7, 11) is 0. The summed E-state index contributed by atoms with van der Waals surface area (Å²) >= 11 is 6.25. The van der Waals surface area contributed by atoms with Gasteiger partial charge >= 0.3 is 0 Å². The Morgan fingerprint density at radius 3 is 2.52 bits per heavy atom. The second kappa shape index (κ2) is 7.06. The molecule has 0 atom stereocenters. The molecule has 0 aliphatic carbocycles. The van der Waals surface area contributed by atoms with Crippen LogP contribution in [-0.4, -0.2) is 31.4 Å². The molecule has 0 radical (unpaired) electrons. The van der Waals surface area contributed by atoms with Crippen molar-refractivity contribution < 1.29 is 18.4 Å². The molecule has 0 unspecified atom stereocenters. The molecule has 0 aromatic heterocycles. The fourth-order valence-electron chi connectivity index (χ4n) is 2.57. The number of benzene rings is 2. The first-order valence-electron chi connectivity index (χ1n) is 7.51. The lowest BCUT2D eigenvalue weighted by Crippen LogP contribution is -2.47. The molecule has 1 saturated heterocycles. The Balaban J connectivity index is 1.76. The average Bonchev–Trinajstić information content (AvgIpc) is 2.54. The third-order valence-corrected chi connectivity index (χ3v) is 4.01. The maximum absolute atomic E-state index is 13.2. The summed E-state index contributed by atoms with van der Waals surface area (Å²) in [6.07, 6.45) is 0. The Morgan fingerprint density at radius 2 is 1.88 bits per heavy atom. The van der Waals surface area contributed by atoms with Gasteiger partial charge in [0.2, 0.25) is 5.91 Å². The largest absolute Gasteiger partial charge is 0.359 e. The van der Waals surface area contributed by atoms with E-state index < -0.39 is 17.5 Å². The van der Waals surface area contributed by atoms with Crippen LogP contribution in [0.2, 0.25) is 5.02 Å². The minimum absolute atomic E-state index is 0.0900. The Labute approximate surface area is 147 Å². The third kappa shape index (κ3) is 4.06. The maximum atomic E-state index is 13.2. The number of hydrogen-bond acceptors (Lipinski definition) is 3. The number of rotatable bonds is 3. The molecule has 2 N–H and O–H groups in total. The molecule has 3 rings (SSSR count). The summed E-state index contributed by atoms with van der Waals surface area (Å²) in [5.74, 6) is -2.41. The minimum Gasteiger partial charge on any atom is -0.359 e. The van der Waals surface area contributed by atoms with Crippen molar-refractivity contribution in [3.05, 3.63) is 58.6 Å². The van der Waals surface area contributed by atoms with Crippen molar-refractivity contribution in [1.29, 1.82) is 0 Å². The zero-order valence-electron chi connectivity index (χ0n) is 13.0. The van der Waals surface area contributed by atoms with E-state index in [1.807, 2.05) is 4.90 Å². The Bertz CT molecular complexity index is 824. The predicted molar refractivity (Wildman–Crippen MR) is 91.0 cm³/mol. The summed E-state index contributed by atoms with van der Waals surface area (Å²) in [5.41, 5.74) is 0.918. The molecule has 1 aliphatic heterocycles. The summed E-state index contributed by atoms with van der Waals surface area (Å²) in [6, 6.07) is 7.40. The summed E-state index contributed by atoms with van der Waals surface area (Å²) < 4.78 is 26.4.